The molecular formula is C14H16N2O2S2. The maximum atomic E-state index is 12.3. The molecule has 0 radical (unpaired) electrons. The zero-order chi connectivity index (χ0) is 13.9. The molecule has 1 atom stereocenters. The van der Waals surface area contributed by atoms with E-state index in [1.54, 1.807) is 22.7 Å². The fourth-order valence-corrected chi connectivity index (χ4v) is 3.89. The smallest absolute Gasteiger partial charge is 0.229 e. The minimum Gasteiger partial charge on any atom is -0.377 e. The van der Waals surface area contributed by atoms with Gasteiger partial charge in [0.15, 0.2) is 0 Å². The zero-order valence-corrected chi connectivity index (χ0v) is 12.9. The molecule has 6 heteroatoms. The normalized spacial score (nSPS) is 19.2. The van der Waals surface area contributed by atoms with Gasteiger partial charge in [0.1, 0.15) is 5.01 Å². The molecule has 0 aliphatic carbocycles. The summed E-state index contributed by atoms with van der Waals surface area (Å²) in [6.45, 7) is 3.97. The van der Waals surface area contributed by atoms with Crippen LogP contribution in [0.2, 0.25) is 0 Å². The van der Waals surface area contributed by atoms with Crippen molar-refractivity contribution in [1.29, 1.82) is 0 Å². The second kappa shape index (κ2) is 6.03. The van der Waals surface area contributed by atoms with Crippen LogP contribution in [0.4, 0.5) is 0 Å². The van der Waals surface area contributed by atoms with Crippen LogP contribution in [0, 0.1) is 0 Å². The van der Waals surface area contributed by atoms with Gasteiger partial charge in [0, 0.05) is 11.9 Å². The van der Waals surface area contributed by atoms with Crippen LogP contribution in [0.15, 0.2) is 22.9 Å². The first-order valence-electron chi connectivity index (χ1n) is 6.59. The standard InChI is InChI=1S/C14H16N2O2S2/c1-10-8-18-5-4-16(10)13(17)7-11-9-20-14(15-11)12-3-2-6-19-12/h2-3,6,9-10H,4-5,7-8H2,1H3. The Labute approximate surface area is 126 Å². The molecule has 1 saturated heterocycles. The fraction of sp³-hybridized carbons (Fsp3) is 0.429. The molecular weight excluding hydrogens is 292 g/mol. The van der Waals surface area contributed by atoms with Gasteiger partial charge >= 0.3 is 0 Å². The van der Waals surface area contributed by atoms with Crippen LogP contribution >= 0.6 is 22.7 Å². The summed E-state index contributed by atoms with van der Waals surface area (Å²) in [6.07, 6.45) is 0.381. The van der Waals surface area contributed by atoms with E-state index in [-0.39, 0.29) is 11.9 Å². The van der Waals surface area contributed by atoms with E-state index >= 15 is 0 Å². The van der Waals surface area contributed by atoms with Gasteiger partial charge in [-0.05, 0) is 18.4 Å². The van der Waals surface area contributed by atoms with Crippen molar-refractivity contribution in [3.05, 3.63) is 28.6 Å². The molecule has 2 aromatic rings. The van der Waals surface area contributed by atoms with Gasteiger partial charge in [0.2, 0.25) is 5.91 Å². The summed E-state index contributed by atoms with van der Waals surface area (Å²) in [5.41, 5.74) is 0.863. The van der Waals surface area contributed by atoms with E-state index in [9.17, 15) is 4.79 Å². The first kappa shape index (κ1) is 13.7. The number of nitrogens with zero attached hydrogens (tertiary/aromatic N) is 2. The van der Waals surface area contributed by atoms with E-state index in [1.165, 1.54) is 0 Å². The number of carbonyl (C=O) groups excluding carboxylic acids is 1. The molecule has 20 heavy (non-hydrogen) atoms. The quantitative estimate of drug-likeness (QED) is 0.875. The Morgan fingerprint density at radius 1 is 1.55 bits per heavy atom. The molecule has 0 N–H and O–H groups in total. The number of hydrogen-bond acceptors (Lipinski definition) is 5. The fourth-order valence-electron chi connectivity index (χ4n) is 2.26. The monoisotopic (exact) mass is 308 g/mol. The molecule has 0 saturated carbocycles. The van der Waals surface area contributed by atoms with Crippen LogP contribution in [-0.2, 0) is 16.0 Å². The number of thiazole rings is 1. The molecule has 2 aromatic heterocycles. The first-order valence-corrected chi connectivity index (χ1v) is 8.35. The van der Waals surface area contributed by atoms with Gasteiger partial charge in [-0.2, -0.15) is 0 Å². The molecule has 4 nitrogen and oxygen atoms in total. The number of hydrogen-bond donors (Lipinski definition) is 0. The van der Waals surface area contributed by atoms with Crippen LogP contribution in [0.5, 0.6) is 0 Å². The van der Waals surface area contributed by atoms with Gasteiger partial charge in [0.25, 0.3) is 0 Å². The first-order chi connectivity index (χ1) is 9.74. The van der Waals surface area contributed by atoms with Crippen molar-refractivity contribution in [3.63, 3.8) is 0 Å². The molecule has 106 valence electrons. The molecule has 3 rings (SSSR count). The summed E-state index contributed by atoms with van der Waals surface area (Å²) in [7, 11) is 0. The average Bonchev–Trinajstić information content (AvgIpc) is 3.09. The van der Waals surface area contributed by atoms with E-state index in [0.717, 1.165) is 15.6 Å². The zero-order valence-electron chi connectivity index (χ0n) is 11.2. The highest BCUT2D eigenvalue weighted by atomic mass is 32.1. The molecule has 1 unspecified atom stereocenters. The number of amides is 1. The van der Waals surface area contributed by atoms with Gasteiger partial charge in [-0.15, -0.1) is 22.7 Å². The highest BCUT2D eigenvalue weighted by Crippen LogP contribution is 2.28. The highest BCUT2D eigenvalue weighted by molar-refractivity contribution is 7.20. The van der Waals surface area contributed by atoms with Crippen LogP contribution < -0.4 is 0 Å². The Balaban J connectivity index is 1.67. The average molecular weight is 308 g/mol. The lowest BCUT2D eigenvalue weighted by Crippen LogP contribution is -2.47. The topological polar surface area (TPSA) is 42.4 Å². The minimum atomic E-state index is 0.142. The molecule has 0 spiro atoms. The number of ether oxygens (including phenoxy) is 1. The third-order valence-electron chi connectivity index (χ3n) is 3.30. The van der Waals surface area contributed by atoms with Crippen LogP contribution in [0.3, 0.4) is 0 Å². The van der Waals surface area contributed by atoms with Crippen molar-refractivity contribution in [3.8, 4) is 9.88 Å². The van der Waals surface area contributed by atoms with E-state index in [2.05, 4.69) is 11.1 Å². The molecule has 1 amide bonds. The molecule has 1 fully saturated rings. The van der Waals surface area contributed by atoms with E-state index in [4.69, 9.17) is 4.74 Å². The van der Waals surface area contributed by atoms with Crippen LogP contribution in [0.25, 0.3) is 9.88 Å². The number of rotatable bonds is 3. The number of aromatic nitrogens is 1. The van der Waals surface area contributed by atoms with E-state index in [0.29, 0.717) is 26.2 Å². The highest BCUT2D eigenvalue weighted by Gasteiger charge is 2.24. The summed E-state index contributed by atoms with van der Waals surface area (Å²) >= 11 is 3.27. The van der Waals surface area contributed by atoms with E-state index < -0.39 is 0 Å². The van der Waals surface area contributed by atoms with Crippen LogP contribution in [-0.4, -0.2) is 41.6 Å². The Hall–Kier alpha value is -1.24. The molecule has 1 aliphatic rings. The predicted octanol–water partition coefficient (Wildman–Crippen LogP) is 2.66. The van der Waals surface area contributed by atoms with Crippen LogP contribution in [0.1, 0.15) is 12.6 Å². The second-order valence-electron chi connectivity index (χ2n) is 4.81. The second-order valence-corrected chi connectivity index (χ2v) is 6.61. The van der Waals surface area contributed by atoms with E-state index in [1.807, 2.05) is 28.7 Å². The number of carbonyl (C=O) groups is 1. The third-order valence-corrected chi connectivity index (χ3v) is 5.23. The maximum absolute atomic E-state index is 12.3. The van der Waals surface area contributed by atoms with Crippen molar-refractivity contribution in [1.82, 2.24) is 9.88 Å². The van der Waals surface area contributed by atoms with Crippen molar-refractivity contribution in [2.45, 2.75) is 19.4 Å². The Morgan fingerprint density at radius 2 is 2.45 bits per heavy atom. The SMILES string of the molecule is CC1COCCN1C(=O)Cc1csc(-c2cccs2)n1. The van der Waals surface area contributed by atoms with Crippen molar-refractivity contribution in [2.75, 3.05) is 19.8 Å². The van der Waals surface area contributed by atoms with Gasteiger partial charge in [-0.1, -0.05) is 6.07 Å². The largest absolute Gasteiger partial charge is 0.377 e. The van der Waals surface area contributed by atoms with Gasteiger partial charge in [-0.25, -0.2) is 4.98 Å². The summed E-state index contributed by atoms with van der Waals surface area (Å²) in [4.78, 5) is 19.9. The van der Waals surface area contributed by atoms with Crippen molar-refractivity contribution in [2.24, 2.45) is 0 Å². The lowest BCUT2D eigenvalue weighted by atomic mass is 10.2. The Morgan fingerprint density at radius 3 is 3.20 bits per heavy atom. The van der Waals surface area contributed by atoms with Crippen molar-refractivity contribution < 1.29 is 9.53 Å². The lowest BCUT2D eigenvalue weighted by Gasteiger charge is -2.33. The summed E-state index contributed by atoms with van der Waals surface area (Å²) < 4.78 is 5.36. The lowest BCUT2D eigenvalue weighted by molar-refractivity contribution is -0.138. The Kier molecular flexibility index (Phi) is 4.14. The number of morpholine rings is 1. The summed E-state index contributed by atoms with van der Waals surface area (Å²) in [5.74, 6) is 0.142. The van der Waals surface area contributed by atoms with Gasteiger partial charge < -0.3 is 9.64 Å². The third kappa shape index (κ3) is 2.92. The maximum Gasteiger partial charge on any atom is 0.229 e. The summed E-state index contributed by atoms with van der Waals surface area (Å²) in [6, 6.07) is 4.23. The van der Waals surface area contributed by atoms with Gasteiger partial charge in [0.05, 0.1) is 36.2 Å². The molecule has 0 bridgehead atoms. The molecule has 1 aliphatic heterocycles. The predicted molar refractivity (Wildman–Crippen MR) is 81.1 cm³/mol. The minimum absolute atomic E-state index is 0.142. The van der Waals surface area contributed by atoms with Gasteiger partial charge in [-0.3, -0.25) is 4.79 Å². The molecule has 3 heterocycles. The Bertz CT molecular complexity index is 580. The van der Waals surface area contributed by atoms with Crippen molar-refractivity contribution >= 4 is 28.6 Å². The summed E-state index contributed by atoms with van der Waals surface area (Å²) in [5, 5.41) is 5.02. The molecule has 0 aromatic carbocycles. The number of thiophene rings is 1.